The Morgan fingerprint density at radius 2 is 1.43 bits per heavy atom. The van der Waals surface area contributed by atoms with Crippen LogP contribution in [0.1, 0.15) is 94.4 Å². The van der Waals surface area contributed by atoms with Gasteiger partial charge in [-0.2, -0.15) is 0 Å². The van der Waals surface area contributed by atoms with E-state index in [-0.39, 0.29) is 17.3 Å². The first-order valence-corrected chi connectivity index (χ1v) is 13.6. The van der Waals surface area contributed by atoms with E-state index in [1.165, 1.54) is 0 Å². The molecule has 0 aromatic rings. The molecule has 0 N–H and O–H groups in total. The Balaban J connectivity index is 2.41. The summed E-state index contributed by atoms with van der Waals surface area (Å²) in [5.41, 5.74) is -2.10. The molecule has 0 saturated carbocycles. The summed E-state index contributed by atoms with van der Waals surface area (Å²) in [5, 5.41) is 0. The first-order chi connectivity index (χ1) is 16.9. The molecular weight excluding hydrogens is 472 g/mol. The van der Waals surface area contributed by atoms with Crippen LogP contribution in [-0.4, -0.2) is 89.2 Å². The minimum atomic E-state index is -0.900. The third-order valence-electron chi connectivity index (χ3n) is 7.45. The molecule has 0 unspecified atom stereocenters. The van der Waals surface area contributed by atoms with Gasteiger partial charge in [0.1, 0.15) is 16.8 Å². The number of rotatable bonds is 16. The number of ketones is 1. The quantitative estimate of drug-likeness (QED) is 0.215. The van der Waals surface area contributed by atoms with Crippen molar-refractivity contribution in [1.82, 2.24) is 9.80 Å². The summed E-state index contributed by atoms with van der Waals surface area (Å²) in [5.74, 6) is -0.546. The molecule has 1 aliphatic heterocycles. The topological polar surface area (TPSA) is 85.4 Å². The minimum Gasteiger partial charge on any atom is -0.460 e. The fourth-order valence-electron chi connectivity index (χ4n) is 4.13. The molecule has 8 heteroatoms. The Bertz CT molecular complexity index is 779. The average molecular weight is 525 g/mol. The molecule has 1 rings (SSSR count). The van der Waals surface area contributed by atoms with Gasteiger partial charge in [-0.05, 0) is 68.2 Å². The second-order valence-corrected chi connectivity index (χ2v) is 12.4. The van der Waals surface area contributed by atoms with Gasteiger partial charge in [0.25, 0.3) is 0 Å². The number of piperazine rings is 1. The molecular formula is C29H52N2O6. The Labute approximate surface area is 225 Å². The van der Waals surface area contributed by atoms with Gasteiger partial charge in [0, 0.05) is 63.6 Å². The van der Waals surface area contributed by atoms with Crippen molar-refractivity contribution in [3.63, 3.8) is 0 Å². The second-order valence-electron chi connectivity index (χ2n) is 12.4. The van der Waals surface area contributed by atoms with Crippen molar-refractivity contribution in [2.75, 3.05) is 39.3 Å². The minimum absolute atomic E-state index is 0.0599. The Hall–Kier alpha value is -1.77. The van der Waals surface area contributed by atoms with E-state index < -0.39 is 22.8 Å². The summed E-state index contributed by atoms with van der Waals surface area (Å²) in [6.07, 6.45) is 4.00. The summed E-state index contributed by atoms with van der Waals surface area (Å²) in [6, 6.07) is 0. The maximum atomic E-state index is 12.9. The monoisotopic (exact) mass is 524 g/mol. The Morgan fingerprint density at radius 3 is 1.97 bits per heavy atom. The van der Waals surface area contributed by atoms with E-state index in [1.54, 1.807) is 13.8 Å². The number of hydrogen-bond acceptors (Lipinski definition) is 8. The highest BCUT2D eigenvalue weighted by Gasteiger charge is 2.33. The molecule has 0 spiro atoms. The highest BCUT2D eigenvalue weighted by atomic mass is 16.6. The summed E-state index contributed by atoms with van der Waals surface area (Å²) in [6.45, 7) is 25.5. The van der Waals surface area contributed by atoms with Crippen LogP contribution in [0, 0.1) is 0 Å². The molecule has 0 bridgehead atoms. The molecule has 0 aromatic carbocycles. The van der Waals surface area contributed by atoms with Gasteiger partial charge >= 0.3 is 11.9 Å². The zero-order valence-electron chi connectivity index (χ0n) is 24.9. The van der Waals surface area contributed by atoms with E-state index in [4.69, 9.17) is 14.2 Å². The predicted molar refractivity (Wildman–Crippen MR) is 146 cm³/mol. The van der Waals surface area contributed by atoms with E-state index in [1.807, 2.05) is 34.6 Å². The smallest absolute Gasteiger partial charge is 0.330 e. The van der Waals surface area contributed by atoms with Crippen molar-refractivity contribution in [2.24, 2.45) is 0 Å². The van der Waals surface area contributed by atoms with Gasteiger partial charge in [-0.1, -0.05) is 13.5 Å². The van der Waals surface area contributed by atoms with Crippen LogP contribution in [0.5, 0.6) is 0 Å². The number of carbonyl (C=O) groups excluding carboxylic acids is 3. The lowest BCUT2D eigenvalue weighted by atomic mass is 9.94. The molecule has 37 heavy (non-hydrogen) atoms. The van der Waals surface area contributed by atoms with Gasteiger partial charge < -0.3 is 19.1 Å². The number of hydrogen-bond donors (Lipinski definition) is 0. The summed E-state index contributed by atoms with van der Waals surface area (Å²) in [4.78, 5) is 41.4. The largest absolute Gasteiger partial charge is 0.460 e. The van der Waals surface area contributed by atoms with Crippen molar-refractivity contribution in [2.45, 2.75) is 117 Å². The molecule has 0 aliphatic carbocycles. The maximum Gasteiger partial charge on any atom is 0.330 e. The van der Waals surface area contributed by atoms with Gasteiger partial charge in [0.2, 0.25) is 0 Å². The molecule has 1 saturated heterocycles. The van der Waals surface area contributed by atoms with Crippen LogP contribution in [0.3, 0.4) is 0 Å². The molecule has 0 radical (unpaired) electrons. The fraction of sp³-hybridized carbons (Fsp3) is 0.828. The molecule has 1 aliphatic rings. The highest BCUT2D eigenvalue weighted by Crippen LogP contribution is 2.25. The van der Waals surface area contributed by atoms with E-state index >= 15 is 0 Å². The highest BCUT2D eigenvalue weighted by molar-refractivity contribution is 5.86. The van der Waals surface area contributed by atoms with Gasteiger partial charge in [0.05, 0.1) is 6.61 Å². The third kappa shape index (κ3) is 12.1. The van der Waals surface area contributed by atoms with Crippen molar-refractivity contribution in [1.29, 1.82) is 0 Å². The Kier molecular flexibility index (Phi) is 12.5. The van der Waals surface area contributed by atoms with Crippen LogP contribution in [-0.2, 0) is 28.6 Å². The summed E-state index contributed by atoms with van der Waals surface area (Å²) in [7, 11) is 0. The number of ether oxygens (including phenoxy) is 3. The van der Waals surface area contributed by atoms with Crippen LogP contribution < -0.4 is 0 Å². The molecule has 8 nitrogen and oxygen atoms in total. The number of Topliss-reactive ketones (excluding diaryl/α,β-unsaturated/α-hetero) is 1. The van der Waals surface area contributed by atoms with Gasteiger partial charge in [-0.25, -0.2) is 4.79 Å². The van der Waals surface area contributed by atoms with Gasteiger partial charge in [-0.3, -0.25) is 14.5 Å². The van der Waals surface area contributed by atoms with E-state index in [2.05, 4.69) is 30.2 Å². The van der Waals surface area contributed by atoms with Crippen molar-refractivity contribution >= 4 is 17.7 Å². The normalized spacial score (nSPS) is 16.4. The van der Waals surface area contributed by atoms with Gasteiger partial charge in [0.15, 0.2) is 5.78 Å². The zero-order chi connectivity index (χ0) is 28.5. The van der Waals surface area contributed by atoms with E-state index in [0.29, 0.717) is 32.4 Å². The molecule has 1 heterocycles. The van der Waals surface area contributed by atoms with Crippen LogP contribution in [0.4, 0.5) is 0 Å². The van der Waals surface area contributed by atoms with Crippen LogP contribution in [0.25, 0.3) is 0 Å². The SMILES string of the molecule is C=CC(=O)OC(C)(C)CCOC(C)(C)C(=O)CCN1CCN(C(C)(C)CCC(=O)OC(C)(C)CC)CC1. The summed E-state index contributed by atoms with van der Waals surface area (Å²) < 4.78 is 16.8. The third-order valence-corrected chi connectivity index (χ3v) is 7.45. The second kappa shape index (κ2) is 13.9. The molecule has 1 fully saturated rings. The lowest BCUT2D eigenvalue weighted by molar-refractivity contribution is -0.157. The maximum absolute atomic E-state index is 12.9. The predicted octanol–water partition coefficient (Wildman–Crippen LogP) is 4.55. The zero-order valence-corrected chi connectivity index (χ0v) is 24.9. The summed E-state index contributed by atoms with van der Waals surface area (Å²) >= 11 is 0. The standard InChI is InChI=1S/C29H52N2O6/c1-11-24(33)36-28(7,8)16-22-35-29(9,10)23(32)14-17-30-18-20-31(21-19-30)26(3,4)15-13-25(34)37-27(5,6)12-2/h11H,1,12-22H2,2-10H3. The molecule has 0 aromatic heterocycles. The fourth-order valence-corrected chi connectivity index (χ4v) is 4.13. The van der Waals surface area contributed by atoms with Crippen molar-refractivity contribution < 1.29 is 28.6 Å². The molecule has 0 amide bonds. The number of esters is 2. The van der Waals surface area contributed by atoms with Crippen LogP contribution >= 0.6 is 0 Å². The Morgan fingerprint density at radius 1 is 0.838 bits per heavy atom. The average Bonchev–Trinajstić information content (AvgIpc) is 2.80. The van der Waals surface area contributed by atoms with Crippen LogP contribution in [0.15, 0.2) is 12.7 Å². The van der Waals surface area contributed by atoms with E-state index in [9.17, 15) is 14.4 Å². The first-order valence-electron chi connectivity index (χ1n) is 13.6. The number of nitrogens with zero attached hydrogens (tertiary/aromatic N) is 2. The van der Waals surface area contributed by atoms with Crippen molar-refractivity contribution in [3.05, 3.63) is 12.7 Å². The lowest BCUT2D eigenvalue weighted by Gasteiger charge is -2.44. The van der Waals surface area contributed by atoms with Crippen LogP contribution in [0.2, 0.25) is 0 Å². The van der Waals surface area contributed by atoms with E-state index in [0.717, 1.165) is 45.1 Å². The molecule has 214 valence electrons. The molecule has 0 atom stereocenters. The first kappa shape index (κ1) is 33.3. The lowest BCUT2D eigenvalue weighted by Crippen LogP contribution is -2.55. The van der Waals surface area contributed by atoms with Crippen molar-refractivity contribution in [3.8, 4) is 0 Å². The number of carbonyl (C=O) groups is 3. The van der Waals surface area contributed by atoms with Gasteiger partial charge in [-0.15, -0.1) is 0 Å².